The van der Waals surface area contributed by atoms with Crippen LogP contribution in [0.5, 0.6) is 0 Å². The summed E-state index contributed by atoms with van der Waals surface area (Å²) in [6.07, 6.45) is 3.36. The van der Waals surface area contributed by atoms with Crippen molar-refractivity contribution in [1.82, 2.24) is 0 Å². The highest BCUT2D eigenvalue weighted by Gasteiger charge is 2.06. The minimum Gasteiger partial charge on any atom is -0.389 e. The lowest BCUT2D eigenvalue weighted by atomic mass is 10.1. The molecule has 0 atom stereocenters. The topological polar surface area (TPSA) is 35.2 Å². The number of hydrogen-bond donors (Lipinski definition) is 1. The Balaban J connectivity index is 2.55. The molecule has 0 heterocycles. The maximum atomic E-state index is 13.0. The van der Waals surface area contributed by atoms with Crippen LogP contribution in [-0.2, 0) is 11.3 Å². The van der Waals surface area contributed by atoms with Gasteiger partial charge in [0, 0.05) is 12.2 Å². The van der Waals surface area contributed by atoms with E-state index in [1.807, 2.05) is 0 Å². The quantitative estimate of drug-likeness (QED) is 0.600. The van der Waals surface area contributed by atoms with Crippen LogP contribution in [-0.4, -0.2) is 11.6 Å². The van der Waals surface area contributed by atoms with Crippen LogP contribution < -0.4 is 5.73 Å². The lowest BCUT2D eigenvalue weighted by Gasteiger charge is -2.09. The Labute approximate surface area is 107 Å². The first-order valence-corrected chi connectivity index (χ1v) is 6.22. The second-order valence-electron chi connectivity index (χ2n) is 3.93. The van der Waals surface area contributed by atoms with Crippen molar-refractivity contribution in [1.29, 1.82) is 0 Å². The zero-order valence-corrected chi connectivity index (χ0v) is 10.9. The Morgan fingerprint density at radius 3 is 2.82 bits per heavy atom. The fraction of sp³-hybridized carbons (Fsp3) is 0.462. The fourth-order valence-corrected chi connectivity index (χ4v) is 1.73. The van der Waals surface area contributed by atoms with Gasteiger partial charge in [-0.25, -0.2) is 4.39 Å². The number of nitrogens with two attached hydrogens (primary N) is 1. The molecule has 1 rings (SSSR count). The van der Waals surface area contributed by atoms with Crippen LogP contribution in [0.15, 0.2) is 18.2 Å². The predicted molar refractivity (Wildman–Crippen MR) is 71.5 cm³/mol. The number of halogens is 1. The Bertz CT molecular complexity index is 382. The van der Waals surface area contributed by atoms with Gasteiger partial charge in [-0.1, -0.05) is 38.0 Å². The fourth-order valence-electron chi connectivity index (χ4n) is 1.54. The maximum absolute atomic E-state index is 13.0. The molecule has 0 spiro atoms. The Kier molecular flexibility index (Phi) is 6.08. The average molecular weight is 255 g/mol. The molecule has 0 aliphatic heterocycles. The Morgan fingerprint density at radius 1 is 1.41 bits per heavy atom. The third-order valence-electron chi connectivity index (χ3n) is 2.49. The van der Waals surface area contributed by atoms with Crippen LogP contribution in [0.2, 0.25) is 0 Å². The smallest absolute Gasteiger partial charge is 0.123 e. The van der Waals surface area contributed by atoms with E-state index in [1.165, 1.54) is 12.1 Å². The van der Waals surface area contributed by atoms with Crippen molar-refractivity contribution in [2.24, 2.45) is 5.73 Å². The average Bonchev–Trinajstić information content (AvgIpc) is 2.30. The van der Waals surface area contributed by atoms with Crippen LogP contribution in [0.4, 0.5) is 4.39 Å². The molecule has 0 fully saturated rings. The van der Waals surface area contributed by atoms with Crippen LogP contribution in [0, 0.1) is 5.82 Å². The van der Waals surface area contributed by atoms with Gasteiger partial charge >= 0.3 is 0 Å². The summed E-state index contributed by atoms with van der Waals surface area (Å²) in [5.41, 5.74) is 6.95. The summed E-state index contributed by atoms with van der Waals surface area (Å²) < 4.78 is 18.6. The van der Waals surface area contributed by atoms with E-state index in [2.05, 4.69) is 6.92 Å². The minimum absolute atomic E-state index is 0.205. The molecule has 0 aromatic heterocycles. The van der Waals surface area contributed by atoms with Crippen molar-refractivity contribution in [2.45, 2.75) is 32.8 Å². The van der Waals surface area contributed by atoms with E-state index in [4.69, 9.17) is 22.7 Å². The van der Waals surface area contributed by atoms with Gasteiger partial charge in [-0.2, -0.15) is 0 Å². The second-order valence-corrected chi connectivity index (χ2v) is 4.37. The zero-order valence-electron chi connectivity index (χ0n) is 10.0. The zero-order chi connectivity index (χ0) is 12.7. The van der Waals surface area contributed by atoms with E-state index in [0.717, 1.165) is 24.8 Å². The van der Waals surface area contributed by atoms with Crippen LogP contribution in [0.25, 0.3) is 0 Å². The molecule has 1 aromatic rings. The molecule has 0 saturated heterocycles. The van der Waals surface area contributed by atoms with E-state index in [9.17, 15) is 4.39 Å². The van der Waals surface area contributed by atoms with E-state index in [0.29, 0.717) is 18.8 Å². The van der Waals surface area contributed by atoms with Gasteiger partial charge in [-0.05, 0) is 24.1 Å². The van der Waals surface area contributed by atoms with Crippen molar-refractivity contribution in [2.75, 3.05) is 6.61 Å². The second kappa shape index (κ2) is 7.35. The van der Waals surface area contributed by atoms with Gasteiger partial charge in [-0.15, -0.1) is 0 Å². The van der Waals surface area contributed by atoms with Crippen LogP contribution in [0.1, 0.15) is 37.3 Å². The highest BCUT2D eigenvalue weighted by Crippen LogP contribution is 2.13. The summed E-state index contributed by atoms with van der Waals surface area (Å²) in [4.78, 5) is 0.205. The van der Waals surface area contributed by atoms with E-state index in [1.54, 1.807) is 6.07 Å². The normalized spacial score (nSPS) is 10.5. The van der Waals surface area contributed by atoms with Crippen molar-refractivity contribution in [3.8, 4) is 0 Å². The van der Waals surface area contributed by atoms with Gasteiger partial charge in [-0.3, -0.25) is 0 Å². The largest absolute Gasteiger partial charge is 0.389 e. The van der Waals surface area contributed by atoms with Gasteiger partial charge in [0.25, 0.3) is 0 Å². The van der Waals surface area contributed by atoms with Crippen molar-refractivity contribution in [3.63, 3.8) is 0 Å². The minimum atomic E-state index is -0.331. The molecule has 0 aliphatic rings. The summed E-state index contributed by atoms with van der Waals surface area (Å²) in [6.45, 7) is 3.28. The van der Waals surface area contributed by atoms with Gasteiger partial charge in [0.15, 0.2) is 0 Å². The van der Waals surface area contributed by atoms with Crippen molar-refractivity contribution in [3.05, 3.63) is 35.1 Å². The highest BCUT2D eigenvalue weighted by atomic mass is 32.1. The summed E-state index contributed by atoms with van der Waals surface area (Å²) >= 11 is 4.89. The standard InChI is InChI=1S/C13H18FNOS/c1-2-3-4-7-16-9-10-5-6-11(14)8-12(10)13(15)17/h5-6,8H,2-4,7,9H2,1H3,(H2,15,17). The number of thiocarbonyl (C=S) groups is 1. The van der Waals surface area contributed by atoms with Crippen LogP contribution in [0.3, 0.4) is 0 Å². The van der Waals surface area contributed by atoms with Crippen molar-refractivity contribution < 1.29 is 9.13 Å². The molecule has 0 unspecified atom stereocenters. The molecule has 0 saturated carbocycles. The monoisotopic (exact) mass is 255 g/mol. The first-order valence-electron chi connectivity index (χ1n) is 5.81. The Hall–Kier alpha value is -1.00. The molecule has 0 amide bonds. The molecule has 17 heavy (non-hydrogen) atoms. The molecule has 4 heteroatoms. The van der Waals surface area contributed by atoms with Gasteiger partial charge in [0.05, 0.1) is 6.61 Å². The number of hydrogen-bond acceptors (Lipinski definition) is 2. The molecule has 0 radical (unpaired) electrons. The van der Waals surface area contributed by atoms with E-state index in [-0.39, 0.29) is 10.8 Å². The number of benzene rings is 1. The van der Waals surface area contributed by atoms with Gasteiger partial charge in [0.1, 0.15) is 10.8 Å². The van der Waals surface area contributed by atoms with Crippen LogP contribution >= 0.6 is 12.2 Å². The van der Waals surface area contributed by atoms with Crippen molar-refractivity contribution >= 4 is 17.2 Å². The summed E-state index contributed by atoms with van der Waals surface area (Å²) in [5, 5.41) is 0. The summed E-state index contributed by atoms with van der Waals surface area (Å²) in [5.74, 6) is -0.331. The molecule has 1 aromatic carbocycles. The third kappa shape index (κ3) is 4.79. The first-order chi connectivity index (χ1) is 8.15. The molecule has 2 nitrogen and oxygen atoms in total. The maximum Gasteiger partial charge on any atom is 0.123 e. The highest BCUT2D eigenvalue weighted by molar-refractivity contribution is 7.80. The molecule has 2 N–H and O–H groups in total. The summed E-state index contributed by atoms with van der Waals surface area (Å²) in [6, 6.07) is 4.42. The molecule has 0 aliphatic carbocycles. The van der Waals surface area contributed by atoms with Gasteiger partial charge < -0.3 is 10.5 Å². The number of rotatable bonds is 7. The van der Waals surface area contributed by atoms with E-state index >= 15 is 0 Å². The Morgan fingerprint density at radius 2 is 2.18 bits per heavy atom. The molecule has 0 bridgehead atoms. The third-order valence-corrected chi connectivity index (χ3v) is 2.71. The lowest BCUT2D eigenvalue weighted by molar-refractivity contribution is 0.117. The molecular formula is C13H18FNOS. The van der Waals surface area contributed by atoms with E-state index < -0.39 is 0 Å². The molecule has 94 valence electrons. The predicted octanol–water partition coefficient (Wildman–Crippen LogP) is 3.17. The summed E-state index contributed by atoms with van der Waals surface area (Å²) in [7, 11) is 0. The lowest BCUT2D eigenvalue weighted by Crippen LogP contribution is -2.13. The SMILES string of the molecule is CCCCCOCc1ccc(F)cc1C(N)=S. The molecular weight excluding hydrogens is 237 g/mol. The van der Waals surface area contributed by atoms with Gasteiger partial charge in [0.2, 0.25) is 0 Å². The first kappa shape index (κ1) is 14.1. The number of unbranched alkanes of at least 4 members (excludes halogenated alkanes) is 2. The number of ether oxygens (including phenoxy) is 1.